The lowest BCUT2D eigenvalue weighted by molar-refractivity contribution is 0.0697. The van der Waals surface area contributed by atoms with Crippen molar-refractivity contribution in [1.29, 1.82) is 0 Å². The average Bonchev–Trinajstić information content (AvgIpc) is 3.23. The van der Waals surface area contributed by atoms with E-state index in [9.17, 15) is 9.90 Å². The lowest BCUT2D eigenvalue weighted by atomic mass is 9.94. The van der Waals surface area contributed by atoms with Gasteiger partial charge in [-0.05, 0) is 60.9 Å². The van der Waals surface area contributed by atoms with Crippen LogP contribution in [0.5, 0.6) is 0 Å². The molecule has 0 bridgehead atoms. The van der Waals surface area contributed by atoms with Crippen LogP contribution in [0.15, 0.2) is 72.8 Å². The van der Waals surface area contributed by atoms with Crippen LogP contribution in [-0.4, -0.2) is 20.6 Å². The Bertz CT molecular complexity index is 1220. The van der Waals surface area contributed by atoms with Crippen molar-refractivity contribution in [3.63, 3.8) is 0 Å². The summed E-state index contributed by atoms with van der Waals surface area (Å²) < 4.78 is 2.34. The number of fused-ring (bicyclic) bond motifs is 1. The third-order valence-corrected chi connectivity index (χ3v) is 6.36. The Morgan fingerprint density at radius 1 is 0.969 bits per heavy atom. The van der Waals surface area contributed by atoms with E-state index in [4.69, 9.17) is 4.98 Å². The van der Waals surface area contributed by atoms with E-state index in [1.807, 2.05) is 24.3 Å². The van der Waals surface area contributed by atoms with Crippen molar-refractivity contribution < 1.29 is 9.90 Å². The summed E-state index contributed by atoms with van der Waals surface area (Å²) in [5.74, 6) is -0.00134. The highest BCUT2D eigenvalue weighted by Gasteiger charge is 2.23. The maximum atomic E-state index is 11.5. The zero-order chi connectivity index (χ0) is 21.9. The molecule has 162 valence electrons. The minimum absolute atomic E-state index is 0.276. The molecule has 1 aliphatic carbocycles. The molecule has 0 aliphatic heterocycles. The molecule has 5 nitrogen and oxygen atoms in total. The summed E-state index contributed by atoms with van der Waals surface area (Å²) in [5, 5.41) is 12.9. The first-order valence-corrected chi connectivity index (χ1v) is 11.3. The number of anilines is 1. The van der Waals surface area contributed by atoms with Crippen molar-refractivity contribution >= 4 is 22.7 Å². The van der Waals surface area contributed by atoms with Crippen LogP contribution >= 0.6 is 0 Å². The zero-order valence-corrected chi connectivity index (χ0v) is 18.0. The predicted octanol–water partition coefficient (Wildman–Crippen LogP) is 6.52. The molecule has 5 rings (SSSR count). The highest BCUT2D eigenvalue weighted by molar-refractivity contribution is 5.93. The van der Waals surface area contributed by atoms with Crippen molar-refractivity contribution in [2.24, 2.45) is 0 Å². The van der Waals surface area contributed by atoms with Crippen LogP contribution in [0.1, 0.15) is 54.1 Å². The van der Waals surface area contributed by atoms with Gasteiger partial charge in [0.1, 0.15) is 5.82 Å². The minimum atomic E-state index is -0.922. The Kier molecular flexibility index (Phi) is 5.63. The van der Waals surface area contributed by atoms with Gasteiger partial charge < -0.3 is 15.0 Å². The third-order valence-electron chi connectivity index (χ3n) is 6.36. The van der Waals surface area contributed by atoms with Crippen LogP contribution in [0.3, 0.4) is 0 Å². The second-order valence-corrected chi connectivity index (χ2v) is 8.52. The second-order valence-electron chi connectivity index (χ2n) is 8.52. The summed E-state index contributed by atoms with van der Waals surface area (Å²) >= 11 is 0. The number of nitrogens with zero attached hydrogens (tertiary/aromatic N) is 2. The highest BCUT2D eigenvalue weighted by atomic mass is 16.4. The van der Waals surface area contributed by atoms with Gasteiger partial charge in [-0.3, -0.25) is 0 Å². The van der Waals surface area contributed by atoms with E-state index in [-0.39, 0.29) is 5.56 Å². The SMILES string of the molecule is O=C(O)c1ccc2c(c1)nc(-c1ccc(NCc3ccccc3)cc1)n2C1CCCCC1. The quantitative estimate of drug-likeness (QED) is 0.369. The standard InChI is InChI=1S/C27H27N3O2/c31-27(32)21-13-16-25-24(17-21)29-26(30(25)23-9-5-2-6-10-23)20-11-14-22(15-12-20)28-18-19-7-3-1-4-8-19/h1,3-4,7-8,11-17,23,28H,2,5-6,9-10,18H2,(H,31,32). The van der Waals surface area contributed by atoms with Gasteiger partial charge in [0.25, 0.3) is 0 Å². The maximum absolute atomic E-state index is 11.5. The van der Waals surface area contributed by atoms with Crippen LogP contribution in [0, 0.1) is 0 Å². The number of hydrogen-bond acceptors (Lipinski definition) is 3. The van der Waals surface area contributed by atoms with E-state index in [1.165, 1.54) is 24.8 Å². The first-order chi connectivity index (χ1) is 15.7. The monoisotopic (exact) mass is 425 g/mol. The molecule has 5 heteroatoms. The molecule has 2 N–H and O–H groups in total. The molecule has 1 aliphatic rings. The van der Waals surface area contributed by atoms with Gasteiger partial charge >= 0.3 is 5.97 Å². The molecular formula is C27H27N3O2. The van der Waals surface area contributed by atoms with Crippen LogP contribution in [0.4, 0.5) is 5.69 Å². The van der Waals surface area contributed by atoms with Gasteiger partial charge in [-0.15, -0.1) is 0 Å². The van der Waals surface area contributed by atoms with Crippen molar-refractivity contribution in [2.75, 3.05) is 5.32 Å². The number of carbonyl (C=O) groups is 1. The molecule has 0 spiro atoms. The van der Waals surface area contributed by atoms with Gasteiger partial charge in [0, 0.05) is 23.8 Å². The molecule has 1 saturated carbocycles. The summed E-state index contributed by atoms with van der Waals surface area (Å²) in [6.07, 6.45) is 5.99. The lowest BCUT2D eigenvalue weighted by Crippen LogP contribution is -2.14. The number of nitrogens with one attached hydrogen (secondary N) is 1. The lowest BCUT2D eigenvalue weighted by Gasteiger charge is -2.25. The van der Waals surface area contributed by atoms with Crippen molar-refractivity contribution in [3.8, 4) is 11.4 Å². The zero-order valence-electron chi connectivity index (χ0n) is 18.0. The number of imidazole rings is 1. The summed E-state index contributed by atoms with van der Waals surface area (Å²) in [4.78, 5) is 16.4. The first-order valence-electron chi connectivity index (χ1n) is 11.3. The number of aromatic nitrogens is 2. The van der Waals surface area contributed by atoms with E-state index in [1.54, 1.807) is 12.1 Å². The fourth-order valence-electron chi connectivity index (χ4n) is 4.68. The number of aromatic carboxylic acids is 1. The van der Waals surface area contributed by atoms with Gasteiger partial charge in [0.05, 0.1) is 16.6 Å². The highest BCUT2D eigenvalue weighted by Crippen LogP contribution is 2.36. The molecule has 1 fully saturated rings. The van der Waals surface area contributed by atoms with E-state index < -0.39 is 5.97 Å². The molecule has 0 amide bonds. The molecule has 1 heterocycles. The summed E-state index contributed by atoms with van der Waals surface area (Å²) in [6, 6.07) is 24.4. The molecule has 4 aromatic rings. The largest absolute Gasteiger partial charge is 0.478 e. The summed E-state index contributed by atoms with van der Waals surface area (Å²) in [6.45, 7) is 0.777. The first kappa shape index (κ1) is 20.3. The molecule has 0 radical (unpaired) electrons. The van der Waals surface area contributed by atoms with E-state index >= 15 is 0 Å². The molecule has 0 unspecified atom stereocenters. The normalized spacial score (nSPS) is 14.5. The molecular weight excluding hydrogens is 398 g/mol. The Balaban J connectivity index is 1.48. The van der Waals surface area contributed by atoms with E-state index in [2.05, 4.69) is 46.3 Å². The van der Waals surface area contributed by atoms with Crippen LogP contribution in [0.2, 0.25) is 0 Å². The van der Waals surface area contributed by atoms with Crippen molar-refractivity contribution in [1.82, 2.24) is 9.55 Å². The van der Waals surface area contributed by atoms with Crippen LogP contribution in [0.25, 0.3) is 22.4 Å². The molecule has 0 atom stereocenters. The van der Waals surface area contributed by atoms with Gasteiger partial charge in [-0.1, -0.05) is 49.6 Å². The molecule has 0 saturated heterocycles. The van der Waals surface area contributed by atoms with Crippen LogP contribution < -0.4 is 5.32 Å². The number of carboxylic acid groups (broad SMARTS) is 1. The van der Waals surface area contributed by atoms with Gasteiger partial charge in [-0.2, -0.15) is 0 Å². The summed E-state index contributed by atoms with van der Waals surface area (Å²) in [5.41, 5.74) is 5.39. The minimum Gasteiger partial charge on any atom is -0.478 e. The molecule has 1 aromatic heterocycles. The van der Waals surface area contributed by atoms with Crippen molar-refractivity contribution in [3.05, 3.63) is 83.9 Å². The number of hydrogen-bond donors (Lipinski definition) is 2. The number of rotatable bonds is 6. The van der Waals surface area contributed by atoms with Gasteiger partial charge in [0.15, 0.2) is 0 Å². The topological polar surface area (TPSA) is 67.2 Å². The Labute approximate surface area is 187 Å². The third kappa shape index (κ3) is 4.11. The Morgan fingerprint density at radius 3 is 2.44 bits per heavy atom. The predicted molar refractivity (Wildman–Crippen MR) is 128 cm³/mol. The fourth-order valence-corrected chi connectivity index (χ4v) is 4.68. The van der Waals surface area contributed by atoms with E-state index in [0.29, 0.717) is 6.04 Å². The second kappa shape index (κ2) is 8.87. The van der Waals surface area contributed by atoms with E-state index in [0.717, 1.165) is 47.5 Å². The van der Waals surface area contributed by atoms with Crippen LogP contribution in [-0.2, 0) is 6.54 Å². The smallest absolute Gasteiger partial charge is 0.335 e. The Hall–Kier alpha value is -3.60. The Morgan fingerprint density at radius 2 is 1.72 bits per heavy atom. The maximum Gasteiger partial charge on any atom is 0.335 e. The summed E-state index contributed by atoms with van der Waals surface area (Å²) in [7, 11) is 0. The number of carboxylic acids is 1. The van der Waals surface area contributed by atoms with Gasteiger partial charge in [0.2, 0.25) is 0 Å². The molecule has 3 aromatic carbocycles. The average molecular weight is 426 g/mol. The fraction of sp³-hybridized carbons (Fsp3) is 0.259. The van der Waals surface area contributed by atoms with Gasteiger partial charge in [-0.25, -0.2) is 9.78 Å². The molecule has 32 heavy (non-hydrogen) atoms. The van der Waals surface area contributed by atoms with Crippen molar-refractivity contribution in [2.45, 2.75) is 44.7 Å². The number of benzene rings is 3.